The minimum absolute atomic E-state index is 0.0221. The van der Waals surface area contributed by atoms with E-state index in [0.29, 0.717) is 0 Å². The van der Waals surface area contributed by atoms with Crippen molar-refractivity contribution in [1.29, 1.82) is 0 Å². The zero-order valence-electron chi connectivity index (χ0n) is 14.0. The summed E-state index contributed by atoms with van der Waals surface area (Å²) in [4.78, 5) is 13.3. The van der Waals surface area contributed by atoms with E-state index in [4.69, 9.17) is 4.74 Å². The second-order valence-electron chi connectivity index (χ2n) is 5.82. The van der Waals surface area contributed by atoms with Crippen LogP contribution in [0.25, 0.3) is 0 Å². The highest BCUT2D eigenvalue weighted by Crippen LogP contribution is 2.26. The molecule has 1 N–H and O–H groups in total. The Morgan fingerprint density at radius 2 is 1.87 bits per heavy atom. The van der Waals surface area contributed by atoms with Gasteiger partial charge in [-0.2, -0.15) is 0 Å². The van der Waals surface area contributed by atoms with Gasteiger partial charge in [-0.15, -0.1) is 0 Å². The van der Waals surface area contributed by atoms with Gasteiger partial charge in [0.25, 0.3) is 0 Å². The molecule has 0 bridgehead atoms. The van der Waals surface area contributed by atoms with E-state index in [0.717, 1.165) is 30.0 Å². The molecular formula is C19H24N2O2. The number of hydrogen-bond acceptors (Lipinski definition) is 3. The highest BCUT2D eigenvalue weighted by atomic mass is 16.5. The Balaban J connectivity index is 2.15. The lowest BCUT2D eigenvalue weighted by atomic mass is 10.1. The van der Waals surface area contributed by atoms with E-state index in [-0.39, 0.29) is 12.0 Å². The molecule has 0 aliphatic heterocycles. The smallest absolute Gasteiger partial charge is 0.221 e. The molecule has 0 aromatic heterocycles. The van der Waals surface area contributed by atoms with Crippen LogP contribution in [0.15, 0.2) is 54.6 Å². The molecule has 4 nitrogen and oxygen atoms in total. The summed E-state index contributed by atoms with van der Waals surface area (Å²) in [5.74, 6) is 0.665. The van der Waals surface area contributed by atoms with Crippen molar-refractivity contribution in [1.82, 2.24) is 4.90 Å². The van der Waals surface area contributed by atoms with Crippen LogP contribution < -0.4 is 10.1 Å². The normalized spacial score (nSPS) is 12.0. The average Bonchev–Trinajstić information content (AvgIpc) is 2.52. The van der Waals surface area contributed by atoms with Crippen molar-refractivity contribution in [2.75, 3.05) is 26.0 Å². The molecule has 0 fully saturated rings. The first-order chi connectivity index (χ1) is 11.0. The van der Waals surface area contributed by atoms with Gasteiger partial charge in [-0.1, -0.05) is 36.4 Å². The molecule has 1 amide bonds. The van der Waals surface area contributed by atoms with E-state index >= 15 is 0 Å². The third-order valence-electron chi connectivity index (χ3n) is 3.44. The van der Waals surface area contributed by atoms with E-state index < -0.39 is 0 Å². The van der Waals surface area contributed by atoms with Gasteiger partial charge in [-0.3, -0.25) is 4.79 Å². The standard InChI is InChI=1S/C19H24N2O2/c1-15(22)20-17-10-7-11-18(14-17)23-19(12-13-21(2)3)16-8-5-4-6-9-16/h4-11,14,19H,12-13H2,1-3H3,(H,20,22). The van der Waals surface area contributed by atoms with Crippen molar-refractivity contribution in [3.8, 4) is 5.75 Å². The molecule has 4 heteroatoms. The number of benzene rings is 2. The lowest BCUT2D eigenvalue weighted by Crippen LogP contribution is -2.18. The average molecular weight is 312 g/mol. The Bertz CT molecular complexity index is 626. The van der Waals surface area contributed by atoms with Crippen LogP contribution in [0.5, 0.6) is 5.75 Å². The second-order valence-corrected chi connectivity index (χ2v) is 5.82. The van der Waals surface area contributed by atoms with Crippen LogP contribution in [0.1, 0.15) is 25.0 Å². The van der Waals surface area contributed by atoms with Crippen molar-refractivity contribution in [2.45, 2.75) is 19.4 Å². The number of ether oxygens (including phenoxy) is 1. The van der Waals surface area contributed by atoms with Crippen molar-refractivity contribution in [3.63, 3.8) is 0 Å². The van der Waals surface area contributed by atoms with Gasteiger partial charge >= 0.3 is 0 Å². The van der Waals surface area contributed by atoms with Gasteiger partial charge in [0.15, 0.2) is 0 Å². The summed E-state index contributed by atoms with van der Waals surface area (Å²) in [5.41, 5.74) is 1.90. The molecule has 122 valence electrons. The van der Waals surface area contributed by atoms with Gasteiger partial charge in [0.05, 0.1) is 0 Å². The molecule has 0 heterocycles. The van der Waals surface area contributed by atoms with Gasteiger partial charge in [0.2, 0.25) is 5.91 Å². The molecule has 0 spiro atoms. The Morgan fingerprint density at radius 1 is 1.13 bits per heavy atom. The fraction of sp³-hybridized carbons (Fsp3) is 0.316. The highest BCUT2D eigenvalue weighted by molar-refractivity contribution is 5.88. The number of nitrogens with one attached hydrogen (secondary N) is 1. The molecule has 0 saturated carbocycles. The van der Waals surface area contributed by atoms with Gasteiger partial charge in [-0.05, 0) is 31.8 Å². The first-order valence-electron chi connectivity index (χ1n) is 7.78. The molecule has 2 aromatic carbocycles. The van der Waals surface area contributed by atoms with Crippen molar-refractivity contribution in [3.05, 3.63) is 60.2 Å². The maximum Gasteiger partial charge on any atom is 0.221 e. The van der Waals surface area contributed by atoms with Gasteiger partial charge in [-0.25, -0.2) is 0 Å². The van der Waals surface area contributed by atoms with Crippen LogP contribution in [-0.2, 0) is 4.79 Å². The quantitative estimate of drug-likeness (QED) is 0.847. The van der Waals surface area contributed by atoms with E-state index in [1.807, 2.05) is 42.5 Å². The Labute approximate surface area is 138 Å². The molecule has 1 atom stereocenters. The summed E-state index contributed by atoms with van der Waals surface area (Å²) in [5, 5.41) is 2.78. The zero-order valence-corrected chi connectivity index (χ0v) is 14.0. The summed E-state index contributed by atoms with van der Waals surface area (Å²) < 4.78 is 6.20. The molecule has 0 aliphatic rings. The summed E-state index contributed by atoms with van der Waals surface area (Å²) in [6.45, 7) is 2.43. The number of carbonyl (C=O) groups excluding carboxylic acids is 1. The Hall–Kier alpha value is -2.33. The van der Waals surface area contributed by atoms with Crippen LogP contribution in [0.2, 0.25) is 0 Å². The predicted molar refractivity (Wildman–Crippen MR) is 93.7 cm³/mol. The third kappa shape index (κ3) is 5.75. The van der Waals surface area contributed by atoms with E-state index in [1.165, 1.54) is 6.92 Å². The van der Waals surface area contributed by atoms with E-state index in [2.05, 4.69) is 36.4 Å². The Kier molecular flexibility index (Phi) is 6.18. The lowest BCUT2D eigenvalue weighted by Gasteiger charge is -2.22. The van der Waals surface area contributed by atoms with E-state index in [9.17, 15) is 4.79 Å². The van der Waals surface area contributed by atoms with Crippen molar-refractivity contribution in [2.24, 2.45) is 0 Å². The lowest BCUT2D eigenvalue weighted by molar-refractivity contribution is -0.114. The van der Waals surface area contributed by atoms with E-state index in [1.54, 1.807) is 0 Å². The number of anilines is 1. The molecular weight excluding hydrogens is 288 g/mol. The van der Waals surface area contributed by atoms with Crippen LogP contribution >= 0.6 is 0 Å². The van der Waals surface area contributed by atoms with Crippen LogP contribution in [-0.4, -0.2) is 31.4 Å². The maximum absolute atomic E-state index is 11.2. The molecule has 2 rings (SSSR count). The molecule has 23 heavy (non-hydrogen) atoms. The maximum atomic E-state index is 11.2. The monoisotopic (exact) mass is 312 g/mol. The molecule has 0 saturated heterocycles. The van der Waals surface area contributed by atoms with Gasteiger partial charge < -0.3 is 15.0 Å². The second kappa shape index (κ2) is 8.34. The van der Waals surface area contributed by atoms with Crippen LogP contribution in [0.3, 0.4) is 0 Å². The SMILES string of the molecule is CC(=O)Nc1cccc(OC(CCN(C)C)c2ccccc2)c1. The largest absolute Gasteiger partial charge is 0.486 e. The minimum Gasteiger partial charge on any atom is -0.486 e. The zero-order chi connectivity index (χ0) is 16.7. The Morgan fingerprint density at radius 3 is 2.52 bits per heavy atom. The summed E-state index contributed by atoms with van der Waals surface area (Å²) in [6, 6.07) is 17.7. The number of nitrogens with zero attached hydrogens (tertiary/aromatic N) is 1. The molecule has 0 radical (unpaired) electrons. The van der Waals surface area contributed by atoms with Gasteiger partial charge in [0, 0.05) is 31.6 Å². The number of carbonyl (C=O) groups is 1. The fourth-order valence-electron chi connectivity index (χ4n) is 2.35. The summed E-state index contributed by atoms with van der Waals surface area (Å²) in [6.07, 6.45) is 0.868. The van der Waals surface area contributed by atoms with Gasteiger partial charge in [0.1, 0.15) is 11.9 Å². The first kappa shape index (κ1) is 17.0. The summed E-state index contributed by atoms with van der Waals surface area (Å²) >= 11 is 0. The minimum atomic E-state index is -0.0885. The first-order valence-corrected chi connectivity index (χ1v) is 7.78. The van der Waals surface area contributed by atoms with Crippen LogP contribution in [0, 0.1) is 0 Å². The topological polar surface area (TPSA) is 41.6 Å². The number of hydrogen-bond donors (Lipinski definition) is 1. The fourth-order valence-corrected chi connectivity index (χ4v) is 2.35. The molecule has 2 aromatic rings. The molecule has 1 unspecified atom stereocenters. The third-order valence-corrected chi connectivity index (χ3v) is 3.44. The van der Waals surface area contributed by atoms with Crippen LogP contribution in [0.4, 0.5) is 5.69 Å². The number of amides is 1. The van der Waals surface area contributed by atoms with Crippen molar-refractivity contribution < 1.29 is 9.53 Å². The highest BCUT2D eigenvalue weighted by Gasteiger charge is 2.14. The molecule has 0 aliphatic carbocycles. The number of rotatable bonds is 7. The predicted octanol–water partition coefficient (Wildman–Crippen LogP) is 3.72. The van der Waals surface area contributed by atoms with Crippen molar-refractivity contribution >= 4 is 11.6 Å². The summed E-state index contributed by atoms with van der Waals surface area (Å²) in [7, 11) is 4.11.